The molecule has 1 rings (SSSR count). The summed E-state index contributed by atoms with van der Waals surface area (Å²) in [6, 6.07) is 6.65. The summed E-state index contributed by atoms with van der Waals surface area (Å²) in [6.45, 7) is 11.3. The van der Waals surface area contributed by atoms with E-state index in [0.717, 1.165) is 19.3 Å². The molecule has 0 nitrogen and oxygen atoms in total. The number of hydrogen-bond donors (Lipinski definition) is 0. The van der Waals surface area contributed by atoms with Gasteiger partial charge in [-0.15, -0.1) is 19.7 Å². The van der Waals surface area contributed by atoms with Gasteiger partial charge in [-0.3, -0.25) is 0 Å². The second-order valence-electron chi connectivity index (χ2n) is 3.64. The average molecular weight is 198 g/mol. The molecule has 0 aliphatic rings. The Kier molecular flexibility index (Phi) is 4.62. The van der Waals surface area contributed by atoms with Gasteiger partial charge in [-0.2, -0.15) is 0 Å². The Balaban J connectivity index is 3.00. The van der Waals surface area contributed by atoms with E-state index in [1.165, 1.54) is 16.7 Å². The molecule has 1 aromatic carbocycles. The van der Waals surface area contributed by atoms with Gasteiger partial charge in [0.05, 0.1) is 0 Å². The molecule has 0 saturated heterocycles. The van der Waals surface area contributed by atoms with Crippen molar-refractivity contribution in [1.82, 2.24) is 0 Å². The lowest BCUT2D eigenvalue weighted by Gasteiger charge is -2.06. The number of hydrogen-bond acceptors (Lipinski definition) is 0. The molecule has 0 radical (unpaired) electrons. The minimum atomic E-state index is 0.926. The third-order valence-electron chi connectivity index (χ3n) is 2.25. The van der Waals surface area contributed by atoms with Gasteiger partial charge in [0.25, 0.3) is 0 Å². The topological polar surface area (TPSA) is 0 Å². The normalized spacial score (nSPS) is 9.60. The fraction of sp³-hybridized carbons (Fsp3) is 0.200. The van der Waals surface area contributed by atoms with Crippen molar-refractivity contribution in [2.75, 3.05) is 0 Å². The molecule has 0 aliphatic heterocycles. The highest BCUT2D eigenvalue weighted by molar-refractivity contribution is 5.33. The summed E-state index contributed by atoms with van der Waals surface area (Å²) in [7, 11) is 0. The number of allylic oxidation sites excluding steroid dienone is 3. The lowest BCUT2D eigenvalue weighted by Crippen LogP contribution is -1.91. The molecule has 0 N–H and O–H groups in total. The van der Waals surface area contributed by atoms with Crippen molar-refractivity contribution in [3.05, 3.63) is 72.9 Å². The Morgan fingerprint density at radius 1 is 0.667 bits per heavy atom. The van der Waals surface area contributed by atoms with E-state index in [4.69, 9.17) is 0 Å². The highest BCUT2D eigenvalue weighted by atomic mass is 14.0. The van der Waals surface area contributed by atoms with Crippen LogP contribution in [-0.2, 0) is 19.3 Å². The minimum Gasteiger partial charge on any atom is -0.103 e. The van der Waals surface area contributed by atoms with E-state index >= 15 is 0 Å². The minimum absolute atomic E-state index is 0.926. The van der Waals surface area contributed by atoms with Crippen LogP contribution < -0.4 is 0 Å². The van der Waals surface area contributed by atoms with Gasteiger partial charge in [-0.05, 0) is 36.0 Å². The van der Waals surface area contributed by atoms with Crippen LogP contribution in [-0.4, -0.2) is 0 Å². The fourth-order valence-corrected chi connectivity index (χ4v) is 1.69. The SMILES string of the molecule is C=CCc1cc(CC=C)cc(CC=C)c1. The molecule has 0 atom stereocenters. The third kappa shape index (κ3) is 3.59. The Bertz CT molecular complexity index is 289. The van der Waals surface area contributed by atoms with Gasteiger partial charge >= 0.3 is 0 Å². The lowest BCUT2D eigenvalue weighted by atomic mass is 10.00. The van der Waals surface area contributed by atoms with Gasteiger partial charge in [0.15, 0.2) is 0 Å². The van der Waals surface area contributed by atoms with E-state index in [1.54, 1.807) is 0 Å². The Morgan fingerprint density at radius 3 is 1.13 bits per heavy atom. The summed E-state index contributed by atoms with van der Waals surface area (Å²) in [4.78, 5) is 0. The highest BCUT2D eigenvalue weighted by Crippen LogP contribution is 2.13. The van der Waals surface area contributed by atoms with Crippen LogP contribution in [0.15, 0.2) is 56.2 Å². The van der Waals surface area contributed by atoms with Gasteiger partial charge in [0.1, 0.15) is 0 Å². The molecular formula is C15H18. The Morgan fingerprint density at radius 2 is 0.933 bits per heavy atom. The molecule has 0 aromatic heterocycles. The zero-order valence-corrected chi connectivity index (χ0v) is 9.21. The summed E-state index contributed by atoms with van der Waals surface area (Å²) in [6.07, 6.45) is 8.58. The molecule has 0 saturated carbocycles. The first-order valence-corrected chi connectivity index (χ1v) is 5.24. The molecular weight excluding hydrogens is 180 g/mol. The maximum atomic E-state index is 3.77. The third-order valence-corrected chi connectivity index (χ3v) is 2.25. The predicted molar refractivity (Wildman–Crippen MR) is 68.1 cm³/mol. The molecule has 0 spiro atoms. The van der Waals surface area contributed by atoms with E-state index in [9.17, 15) is 0 Å². The van der Waals surface area contributed by atoms with Crippen molar-refractivity contribution in [1.29, 1.82) is 0 Å². The summed E-state index contributed by atoms with van der Waals surface area (Å²) < 4.78 is 0. The molecule has 78 valence electrons. The van der Waals surface area contributed by atoms with E-state index in [2.05, 4.69) is 37.9 Å². The van der Waals surface area contributed by atoms with Crippen molar-refractivity contribution in [3.8, 4) is 0 Å². The molecule has 0 aliphatic carbocycles. The van der Waals surface area contributed by atoms with Crippen molar-refractivity contribution in [2.45, 2.75) is 19.3 Å². The van der Waals surface area contributed by atoms with Crippen LogP contribution >= 0.6 is 0 Å². The van der Waals surface area contributed by atoms with Crippen LogP contribution in [0.1, 0.15) is 16.7 Å². The smallest absolute Gasteiger partial charge is 0.00999 e. The first-order valence-electron chi connectivity index (χ1n) is 5.24. The van der Waals surface area contributed by atoms with Crippen molar-refractivity contribution < 1.29 is 0 Å². The first-order chi connectivity index (χ1) is 7.30. The molecule has 15 heavy (non-hydrogen) atoms. The summed E-state index contributed by atoms with van der Waals surface area (Å²) in [5, 5.41) is 0. The van der Waals surface area contributed by atoms with E-state index in [-0.39, 0.29) is 0 Å². The van der Waals surface area contributed by atoms with Crippen LogP contribution in [0.2, 0.25) is 0 Å². The van der Waals surface area contributed by atoms with Crippen molar-refractivity contribution in [3.63, 3.8) is 0 Å². The molecule has 0 fully saturated rings. The molecule has 1 aromatic rings. The highest BCUT2D eigenvalue weighted by Gasteiger charge is 1.98. The number of rotatable bonds is 6. The largest absolute Gasteiger partial charge is 0.103 e. The van der Waals surface area contributed by atoms with Gasteiger partial charge in [-0.1, -0.05) is 36.4 Å². The maximum absolute atomic E-state index is 3.77. The standard InChI is InChI=1S/C15H18/c1-4-7-13-10-14(8-5-2)12-15(11-13)9-6-3/h4-6,10-12H,1-3,7-9H2. The van der Waals surface area contributed by atoms with Crippen LogP contribution in [0.25, 0.3) is 0 Å². The Labute approximate surface area is 92.6 Å². The molecule has 0 amide bonds. The van der Waals surface area contributed by atoms with E-state index in [0.29, 0.717) is 0 Å². The summed E-state index contributed by atoms with van der Waals surface area (Å²) in [5.41, 5.74) is 3.96. The quantitative estimate of drug-likeness (QED) is 0.609. The first kappa shape index (κ1) is 11.5. The van der Waals surface area contributed by atoms with Crippen LogP contribution in [0, 0.1) is 0 Å². The maximum Gasteiger partial charge on any atom is -0.00999 e. The summed E-state index contributed by atoms with van der Waals surface area (Å²) >= 11 is 0. The van der Waals surface area contributed by atoms with Crippen LogP contribution in [0.4, 0.5) is 0 Å². The molecule has 0 unspecified atom stereocenters. The van der Waals surface area contributed by atoms with Crippen LogP contribution in [0.3, 0.4) is 0 Å². The molecule has 0 bridgehead atoms. The zero-order valence-electron chi connectivity index (χ0n) is 9.21. The van der Waals surface area contributed by atoms with Gasteiger partial charge < -0.3 is 0 Å². The fourth-order valence-electron chi connectivity index (χ4n) is 1.69. The van der Waals surface area contributed by atoms with Gasteiger partial charge in [-0.25, -0.2) is 0 Å². The Hall–Kier alpha value is -1.56. The molecule has 0 heterocycles. The zero-order chi connectivity index (χ0) is 11.1. The average Bonchev–Trinajstić information content (AvgIpc) is 2.19. The lowest BCUT2D eigenvalue weighted by molar-refractivity contribution is 1.15. The van der Waals surface area contributed by atoms with Crippen LogP contribution in [0.5, 0.6) is 0 Å². The second-order valence-corrected chi connectivity index (χ2v) is 3.64. The van der Waals surface area contributed by atoms with E-state index in [1.807, 2.05) is 18.2 Å². The number of benzene rings is 1. The monoisotopic (exact) mass is 198 g/mol. The van der Waals surface area contributed by atoms with Gasteiger partial charge in [0, 0.05) is 0 Å². The molecule has 0 heteroatoms. The van der Waals surface area contributed by atoms with E-state index < -0.39 is 0 Å². The predicted octanol–water partition coefficient (Wildman–Crippen LogP) is 3.87. The van der Waals surface area contributed by atoms with Crippen molar-refractivity contribution >= 4 is 0 Å². The van der Waals surface area contributed by atoms with Crippen molar-refractivity contribution in [2.24, 2.45) is 0 Å². The second kappa shape index (κ2) is 6.02. The summed E-state index contributed by atoms with van der Waals surface area (Å²) in [5.74, 6) is 0. The van der Waals surface area contributed by atoms with Gasteiger partial charge in [0.2, 0.25) is 0 Å².